The second kappa shape index (κ2) is 13.7. The largest absolute Gasteiger partial charge is 0.494 e. The lowest BCUT2D eigenvalue weighted by Gasteiger charge is -2.30. The van der Waals surface area contributed by atoms with Gasteiger partial charge < -0.3 is 34.3 Å². The van der Waals surface area contributed by atoms with E-state index in [9.17, 15) is 23.4 Å². The first-order valence-electron chi connectivity index (χ1n) is 13.4. The summed E-state index contributed by atoms with van der Waals surface area (Å²) in [5.74, 6) is 1.40. The Kier molecular flexibility index (Phi) is 10.1. The van der Waals surface area contributed by atoms with Crippen LogP contribution in [0.4, 0.5) is 4.79 Å². The number of imidazole rings is 1. The van der Waals surface area contributed by atoms with Gasteiger partial charge in [-0.1, -0.05) is 26.0 Å². The van der Waals surface area contributed by atoms with Gasteiger partial charge in [0.2, 0.25) is 16.8 Å². The summed E-state index contributed by atoms with van der Waals surface area (Å²) in [4.78, 5) is 15.6. The van der Waals surface area contributed by atoms with Crippen molar-refractivity contribution < 1.29 is 37.6 Å². The van der Waals surface area contributed by atoms with Crippen molar-refractivity contribution in [3.05, 3.63) is 66.7 Å². The summed E-state index contributed by atoms with van der Waals surface area (Å²) in [5.41, 5.74) is 0.752. The third kappa shape index (κ3) is 8.35. The first-order valence-corrected chi connectivity index (χ1v) is 14.8. The van der Waals surface area contributed by atoms with E-state index in [4.69, 9.17) is 14.2 Å². The van der Waals surface area contributed by atoms with E-state index in [-0.39, 0.29) is 37.1 Å². The quantitative estimate of drug-likeness (QED) is 0.228. The van der Waals surface area contributed by atoms with Crippen LogP contribution in [0.25, 0.3) is 0 Å². The maximum Gasteiger partial charge on any atom is 0.404 e. The number of fused-ring (bicyclic) bond motifs is 1. The molecule has 1 aromatic heterocycles. The Morgan fingerprint density at radius 2 is 1.90 bits per heavy atom. The highest BCUT2D eigenvalue weighted by atomic mass is 32.2. The van der Waals surface area contributed by atoms with Gasteiger partial charge in [-0.2, -0.15) is 4.31 Å². The van der Waals surface area contributed by atoms with E-state index in [1.165, 1.54) is 22.5 Å². The molecule has 0 unspecified atom stereocenters. The van der Waals surface area contributed by atoms with E-state index in [0.717, 1.165) is 18.5 Å². The molecule has 222 valence electrons. The van der Waals surface area contributed by atoms with Crippen LogP contribution in [0.2, 0.25) is 0 Å². The zero-order valence-electron chi connectivity index (χ0n) is 23.0. The highest BCUT2D eigenvalue weighted by Crippen LogP contribution is 2.35. The average Bonchev–Trinajstić information content (AvgIpc) is 3.62. The van der Waals surface area contributed by atoms with Gasteiger partial charge in [0.05, 0.1) is 30.0 Å². The number of aliphatic hydroxyl groups is 1. The monoisotopic (exact) mass is 588 g/mol. The first-order chi connectivity index (χ1) is 19.6. The van der Waals surface area contributed by atoms with Crippen molar-refractivity contribution in [3.8, 4) is 17.2 Å². The third-order valence-electron chi connectivity index (χ3n) is 6.48. The Morgan fingerprint density at radius 1 is 1.15 bits per heavy atom. The number of benzene rings is 2. The van der Waals surface area contributed by atoms with Gasteiger partial charge >= 0.3 is 6.09 Å². The van der Waals surface area contributed by atoms with Gasteiger partial charge in [0.25, 0.3) is 0 Å². The summed E-state index contributed by atoms with van der Waals surface area (Å²) < 4.78 is 46.7. The van der Waals surface area contributed by atoms with Gasteiger partial charge in [-0.15, -0.1) is 0 Å². The molecule has 3 N–H and O–H groups in total. The molecular weight excluding hydrogens is 552 g/mol. The summed E-state index contributed by atoms with van der Waals surface area (Å²) in [6.45, 7) is 4.86. The Bertz CT molecular complexity index is 1380. The average molecular weight is 589 g/mol. The van der Waals surface area contributed by atoms with E-state index >= 15 is 0 Å². The Balaban J connectivity index is 1.41. The van der Waals surface area contributed by atoms with Crippen molar-refractivity contribution in [1.29, 1.82) is 0 Å². The molecule has 0 saturated carbocycles. The lowest BCUT2D eigenvalue weighted by molar-refractivity contribution is 0.0980. The summed E-state index contributed by atoms with van der Waals surface area (Å²) in [5, 5.41) is 22.9. The summed E-state index contributed by atoms with van der Waals surface area (Å²) in [7, 11) is -4.04. The normalized spacial score (nSPS) is 14.3. The van der Waals surface area contributed by atoms with Gasteiger partial charge in [-0.25, -0.2) is 18.2 Å². The van der Waals surface area contributed by atoms with Gasteiger partial charge in [0.1, 0.15) is 5.75 Å². The standard InChI is InChI=1S/C28H36N4O8S/c1-20(2)16-32(41(36,37)23-8-9-26-27(15-23)40-19-39-26)17-25(33)24(30-28(34)35)14-21-4-6-22(7-5-21)38-13-3-11-31-12-10-29-18-31/h4-10,12,15,18,20,24-25,30,33H,3,11,13-14,16-17,19H2,1-2H3,(H,34,35)/t24-,25+/m0/s1. The molecule has 0 bridgehead atoms. The van der Waals surface area contributed by atoms with Crippen molar-refractivity contribution in [1.82, 2.24) is 19.2 Å². The molecule has 0 spiro atoms. The van der Waals surface area contributed by atoms with Crippen LogP contribution in [0.15, 0.2) is 66.1 Å². The fraction of sp³-hybridized carbons (Fsp3) is 0.429. The number of aromatic nitrogens is 2. The Morgan fingerprint density at radius 3 is 2.59 bits per heavy atom. The predicted molar refractivity (Wildman–Crippen MR) is 150 cm³/mol. The second-order valence-electron chi connectivity index (χ2n) is 10.2. The molecular formula is C28H36N4O8S. The molecule has 1 aliphatic rings. The number of aryl methyl sites for hydroxylation is 1. The summed E-state index contributed by atoms with van der Waals surface area (Å²) >= 11 is 0. The van der Waals surface area contributed by atoms with Crippen molar-refractivity contribution in [2.75, 3.05) is 26.5 Å². The number of nitrogens with zero attached hydrogens (tertiary/aromatic N) is 3. The van der Waals surface area contributed by atoms with Crippen LogP contribution in [0, 0.1) is 5.92 Å². The maximum absolute atomic E-state index is 13.6. The lowest BCUT2D eigenvalue weighted by atomic mass is 10.0. The minimum atomic E-state index is -4.04. The van der Waals surface area contributed by atoms with Crippen molar-refractivity contribution in [3.63, 3.8) is 0 Å². The van der Waals surface area contributed by atoms with Crippen LogP contribution in [0.1, 0.15) is 25.8 Å². The second-order valence-corrected chi connectivity index (χ2v) is 12.1. The predicted octanol–water partition coefficient (Wildman–Crippen LogP) is 2.97. The molecule has 0 aliphatic carbocycles. The van der Waals surface area contributed by atoms with E-state index in [2.05, 4.69) is 10.3 Å². The van der Waals surface area contributed by atoms with Crippen LogP contribution >= 0.6 is 0 Å². The molecule has 1 amide bonds. The number of carboxylic acid groups (broad SMARTS) is 1. The molecule has 0 radical (unpaired) electrons. The maximum atomic E-state index is 13.6. The Labute approximate surface area is 239 Å². The fourth-order valence-corrected chi connectivity index (χ4v) is 6.11. The van der Waals surface area contributed by atoms with Gasteiger partial charge in [-0.05, 0) is 48.6 Å². The number of hydrogen-bond acceptors (Lipinski definition) is 8. The number of carbonyl (C=O) groups is 1. The Hall–Kier alpha value is -3.81. The van der Waals surface area contributed by atoms with E-state index in [0.29, 0.717) is 23.9 Å². The fourth-order valence-electron chi connectivity index (χ4n) is 4.47. The minimum Gasteiger partial charge on any atom is -0.494 e. The molecule has 41 heavy (non-hydrogen) atoms. The number of ether oxygens (including phenoxy) is 3. The number of rotatable bonds is 15. The van der Waals surface area contributed by atoms with E-state index in [1.54, 1.807) is 36.8 Å². The molecule has 0 fully saturated rings. The molecule has 0 saturated heterocycles. The molecule has 1 aliphatic heterocycles. The van der Waals surface area contributed by atoms with Crippen LogP contribution in [-0.4, -0.2) is 77.2 Å². The molecule has 3 aromatic rings. The molecule has 2 aromatic carbocycles. The lowest BCUT2D eigenvalue weighted by Crippen LogP contribution is -2.50. The number of hydrogen-bond donors (Lipinski definition) is 3. The van der Waals surface area contributed by atoms with Crippen LogP contribution in [-0.2, 0) is 23.0 Å². The van der Waals surface area contributed by atoms with Crippen LogP contribution in [0.5, 0.6) is 17.2 Å². The van der Waals surface area contributed by atoms with Gasteiger partial charge in [-0.3, -0.25) is 0 Å². The van der Waals surface area contributed by atoms with Crippen LogP contribution < -0.4 is 19.5 Å². The number of sulfonamides is 1. The number of nitrogens with one attached hydrogen (secondary N) is 1. The van der Waals surface area contributed by atoms with Crippen molar-refractivity contribution in [2.45, 2.75) is 50.3 Å². The molecule has 13 heteroatoms. The summed E-state index contributed by atoms with van der Waals surface area (Å²) in [6.07, 6.45) is 3.67. The molecule has 4 rings (SSSR count). The van der Waals surface area contributed by atoms with E-state index in [1.807, 2.05) is 24.6 Å². The smallest absolute Gasteiger partial charge is 0.404 e. The highest BCUT2D eigenvalue weighted by Gasteiger charge is 2.32. The van der Waals surface area contributed by atoms with Gasteiger partial charge in [0, 0.05) is 38.1 Å². The highest BCUT2D eigenvalue weighted by molar-refractivity contribution is 7.89. The topological polar surface area (TPSA) is 152 Å². The van der Waals surface area contributed by atoms with Crippen LogP contribution in [0.3, 0.4) is 0 Å². The minimum absolute atomic E-state index is 0.00189. The van der Waals surface area contributed by atoms with E-state index < -0.39 is 28.3 Å². The summed E-state index contributed by atoms with van der Waals surface area (Å²) in [6, 6.07) is 10.5. The number of amides is 1. The molecule has 2 atom stereocenters. The zero-order chi connectivity index (χ0) is 29.4. The van der Waals surface area contributed by atoms with Crippen molar-refractivity contribution >= 4 is 16.1 Å². The van der Waals surface area contributed by atoms with Crippen molar-refractivity contribution in [2.24, 2.45) is 5.92 Å². The zero-order valence-corrected chi connectivity index (χ0v) is 23.9. The van der Waals surface area contributed by atoms with Gasteiger partial charge in [0.15, 0.2) is 11.5 Å². The first kappa shape index (κ1) is 30.2. The molecule has 2 heterocycles. The molecule has 12 nitrogen and oxygen atoms in total. The SMILES string of the molecule is CC(C)CN(C[C@@H](O)[C@H](Cc1ccc(OCCCn2ccnc2)cc1)NC(=O)O)S(=O)(=O)c1ccc2c(c1)OCO2. The number of aliphatic hydroxyl groups excluding tert-OH is 1. The third-order valence-corrected chi connectivity index (χ3v) is 8.31.